The number of aromatic carboxylic acids is 2. The van der Waals surface area contributed by atoms with Gasteiger partial charge in [-0.15, -0.1) is 0 Å². The second kappa shape index (κ2) is 4.90. The highest BCUT2D eigenvalue weighted by Gasteiger charge is 2.34. The van der Waals surface area contributed by atoms with E-state index < -0.39 is 68.7 Å². The van der Waals surface area contributed by atoms with Crippen LogP contribution in [0.5, 0.6) is 0 Å². The van der Waals surface area contributed by atoms with Gasteiger partial charge in [-0.1, -0.05) is 0 Å². The van der Waals surface area contributed by atoms with Gasteiger partial charge in [0.05, 0.1) is 5.39 Å². The smallest absolute Gasteiger partial charge is 0.341 e. The predicted octanol–water partition coefficient (Wildman–Crippen LogP) is 3.07. The summed E-state index contributed by atoms with van der Waals surface area (Å²) in [5.74, 6) is -18.9. The van der Waals surface area contributed by atoms with Crippen LogP contribution in [-0.2, 0) is 0 Å². The molecule has 22 heavy (non-hydrogen) atoms. The van der Waals surface area contributed by atoms with Crippen LogP contribution in [0.25, 0.3) is 10.8 Å². The summed E-state index contributed by atoms with van der Waals surface area (Å²) in [6.07, 6.45) is 0. The molecule has 0 atom stereocenters. The molecule has 0 fully saturated rings. The van der Waals surface area contributed by atoms with Gasteiger partial charge in [0.2, 0.25) is 0 Å². The van der Waals surface area contributed by atoms with E-state index in [2.05, 4.69) is 0 Å². The van der Waals surface area contributed by atoms with Gasteiger partial charge in [0.1, 0.15) is 16.9 Å². The van der Waals surface area contributed by atoms with Gasteiger partial charge in [-0.3, -0.25) is 0 Å². The number of hydrogen-bond donors (Lipinski definition) is 2. The number of carboxylic acids is 2. The van der Waals surface area contributed by atoms with E-state index in [1.807, 2.05) is 0 Å². The number of hydrogen-bond acceptors (Lipinski definition) is 2. The molecule has 4 nitrogen and oxygen atoms in total. The molecule has 0 saturated heterocycles. The second-order valence-electron chi connectivity index (χ2n) is 3.99. The van der Waals surface area contributed by atoms with Crippen molar-refractivity contribution in [2.75, 3.05) is 0 Å². The van der Waals surface area contributed by atoms with Crippen LogP contribution >= 0.6 is 0 Å². The number of carboxylic acid groups (broad SMARTS) is 2. The lowest BCUT2D eigenvalue weighted by Crippen LogP contribution is -2.14. The van der Waals surface area contributed by atoms with Crippen molar-refractivity contribution in [3.63, 3.8) is 0 Å². The van der Waals surface area contributed by atoms with E-state index in [1.54, 1.807) is 0 Å². The molecule has 10 heteroatoms. The number of halogens is 6. The van der Waals surface area contributed by atoms with E-state index >= 15 is 0 Å². The third-order valence-electron chi connectivity index (χ3n) is 2.82. The SMILES string of the molecule is O=C(O)c1c(F)c(F)c2c(F)c(F)c(F)c(C(=O)O)c2c1F. The van der Waals surface area contributed by atoms with Gasteiger partial charge < -0.3 is 10.2 Å². The van der Waals surface area contributed by atoms with E-state index in [-0.39, 0.29) is 0 Å². The van der Waals surface area contributed by atoms with E-state index in [9.17, 15) is 35.9 Å². The average molecular weight is 324 g/mol. The van der Waals surface area contributed by atoms with E-state index in [4.69, 9.17) is 10.2 Å². The lowest BCUT2D eigenvalue weighted by atomic mass is 9.98. The summed E-state index contributed by atoms with van der Waals surface area (Å²) >= 11 is 0. The van der Waals surface area contributed by atoms with Crippen molar-refractivity contribution in [3.8, 4) is 0 Å². The van der Waals surface area contributed by atoms with Gasteiger partial charge in [-0.05, 0) is 0 Å². The van der Waals surface area contributed by atoms with Gasteiger partial charge in [0.15, 0.2) is 29.1 Å². The van der Waals surface area contributed by atoms with Crippen LogP contribution in [0.15, 0.2) is 0 Å². The summed E-state index contributed by atoms with van der Waals surface area (Å²) in [7, 11) is 0. The summed E-state index contributed by atoms with van der Waals surface area (Å²) in [5, 5.41) is 13.8. The maximum absolute atomic E-state index is 14.0. The minimum Gasteiger partial charge on any atom is -0.478 e. The Hall–Kier alpha value is -2.78. The van der Waals surface area contributed by atoms with E-state index in [1.165, 1.54) is 0 Å². The van der Waals surface area contributed by atoms with Gasteiger partial charge in [-0.2, -0.15) is 0 Å². The Morgan fingerprint density at radius 2 is 0.955 bits per heavy atom. The first kappa shape index (κ1) is 15.6. The summed E-state index contributed by atoms with van der Waals surface area (Å²) < 4.78 is 81.3. The zero-order valence-electron chi connectivity index (χ0n) is 9.98. The molecule has 0 heterocycles. The number of fused-ring (bicyclic) bond motifs is 1. The lowest BCUT2D eigenvalue weighted by molar-refractivity contribution is 0.0673. The van der Waals surface area contributed by atoms with Crippen molar-refractivity contribution in [2.24, 2.45) is 0 Å². The highest BCUT2D eigenvalue weighted by molar-refractivity contribution is 6.07. The molecule has 2 rings (SSSR count). The predicted molar refractivity (Wildman–Crippen MR) is 57.6 cm³/mol. The van der Waals surface area contributed by atoms with Crippen molar-refractivity contribution in [1.82, 2.24) is 0 Å². The Kier molecular flexibility index (Phi) is 3.47. The fourth-order valence-corrected chi connectivity index (χ4v) is 1.92. The molecule has 116 valence electrons. The van der Waals surface area contributed by atoms with Crippen LogP contribution in [-0.4, -0.2) is 22.2 Å². The zero-order chi connectivity index (χ0) is 16.9. The molecule has 0 aromatic heterocycles. The quantitative estimate of drug-likeness (QED) is 0.506. The Balaban J connectivity index is 3.29. The molecule has 0 bridgehead atoms. The summed E-state index contributed by atoms with van der Waals surface area (Å²) in [4.78, 5) is 21.6. The molecule has 0 amide bonds. The third-order valence-corrected chi connectivity index (χ3v) is 2.82. The first-order valence-corrected chi connectivity index (χ1v) is 5.24. The molecule has 0 unspecified atom stereocenters. The summed E-state index contributed by atoms with van der Waals surface area (Å²) in [6.45, 7) is 0. The maximum atomic E-state index is 14.0. The van der Waals surface area contributed by atoms with Gasteiger partial charge in [0.25, 0.3) is 0 Å². The Bertz CT molecular complexity index is 861. The maximum Gasteiger partial charge on any atom is 0.341 e. The topological polar surface area (TPSA) is 74.6 Å². The third kappa shape index (κ3) is 1.87. The molecule has 0 spiro atoms. The normalized spacial score (nSPS) is 11.0. The monoisotopic (exact) mass is 324 g/mol. The van der Waals surface area contributed by atoms with E-state index in [0.717, 1.165) is 0 Å². The van der Waals surface area contributed by atoms with Crippen molar-refractivity contribution >= 4 is 22.7 Å². The molecule has 0 saturated carbocycles. The van der Waals surface area contributed by atoms with E-state index in [0.29, 0.717) is 0 Å². The van der Waals surface area contributed by atoms with Gasteiger partial charge in [0, 0.05) is 5.39 Å². The molecule has 2 aromatic rings. The van der Waals surface area contributed by atoms with Crippen LogP contribution in [0, 0.1) is 34.9 Å². The standard InChI is InChI=1S/C12H2F6O4/c13-5-1-2(6(14)9(17)4(5)12(21)22)7(15)10(18)8(16)3(1)11(19)20/h(H,19,20)(H,21,22). The fraction of sp³-hybridized carbons (Fsp3) is 0. The summed E-state index contributed by atoms with van der Waals surface area (Å²) in [5.41, 5.74) is -3.81. The molecule has 0 radical (unpaired) electrons. The van der Waals surface area contributed by atoms with Crippen LogP contribution in [0.4, 0.5) is 26.3 Å². The highest BCUT2D eigenvalue weighted by atomic mass is 19.2. The second-order valence-corrected chi connectivity index (χ2v) is 3.99. The number of benzene rings is 2. The molecule has 2 N–H and O–H groups in total. The van der Waals surface area contributed by atoms with Crippen LogP contribution in [0.1, 0.15) is 20.7 Å². The minimum absolute atomic E-state index is 1.72. The molecule has 0 aliphatic heterocycles. The molecule has 0 aliphatic carbocycles. The number of carbonyl (C=O) groups is 2. The van der Waals surface area contributed by atoms with Crippen LogP contribution < -0.4 is 0 Å². The number of rotatable bonds is 2. The summed E-state index contributed by atoms with van der Waals surface area (Å²) in [6, 6.07) is 0. The van der Waals surface area contributed by atoms with Crippen molar-refractivity contribution < 1.29 is 46.1 Å². The van der Waals surface area contributed by atoms with Crippen molar-refractivity contribution in [3.05, 3.63) is 46.0 Å². The molecular weight excluding hydrogens is 322 g/mol. The fourth-order valence-electron chi connectivity index (χ4n) is 1.92. The first-order chi connectivity index (χ1) is 10.1. The van der Waals surface area contributed by atoms with Gasteiger partial charge in [-0.25, -0.2) is 35.9 Å². The van der Waals surface area contributed by atoms with Crippen LogP contribution in [0.2, 0.25) is 0 Å². The minimum atomic E-state index is -2.47. The Labute approximate surface area is 116 Å². The van der Waals surface area contributed by atoms with Crippen LogP contribution in [0.3, 0.4) is 0 Å². The highest BCUT2D eigenvalue weighted by Crippen LogP contribution is 2.35. The first-order valence-electron chi connectivity index (χ1n) is 5.24. The molecule has 0 aliphatic rings. The van der Waals surface area contributed by atoms with Crippen molar-refractivity contribution in [1.29, 1.82) is 0 Å². The van der Waals surface area contributed by atoms with Crippen molar-refractivity contribution in [2.45, 2.75) is 0 Å². The lowest BCUT2D eigenvalue weighted by Gasteiger charge is -2.12. The van der Waals surface area contributed by atoms with Gasteiger partial charge >= 0.3 is 11.9 Å². The Morgan fingerprint density at radius 1 is 0.545 bits per heavy atom. The Morgan fingerprint density at radius 3 is 1.41 bits per heavy atom. The molecular formula is C12H2F6O4. The average Bonchev–Trinajstić information content (AvgIpc) is 2.41. The molecule has 2 aromatic carbocycles. The largest absolute Gasteiger partial charge is 0.478 e. The zero-order valence-corrected chi connectivity index (χ0v) is 9.98.